The minimum Gasteiger partial charge on any atom is -0.338 e. The Morgan fingerprint density at radius 3 is 2.71 bits per heavy atom. The molecule has 1 N–H and O–H groups in total. The summed E-state index contributed by atoms with van der Waals surface area (Å²) in [5.41, 5.74) is 2.67. The second kappa shape index (κ2) is 5.15. The van der Waals surface area contributed by atoms with E-state index in [1.807, 2.05) is 26.5 Å². The fourth-order valence-corrected chi connectivity index (χ4v) is 2.12. The third kappa shape index (κ3) is 2.56. The van der Waals surface area contributed by atoms with Gasteiger partial charge in [0.1, 0.15) is 5.82 Å². The smallest absolute Gasteiger partial charge is 0.110 e. The molecule has 0 aliphatic heterocycles. The van der Waals surface area contributed by atoms with Gasteiger partial charge in [0.15, 0.2) is 0 Å². The molecule has 0 bridgehead atoms. The van der Waals surface area contributed by atoms with Crippen LogP contribution in [0.1, 0.15) is 23.0 Å². The van der Waals surface area contributed by atoms with E-state index < -0.39 is 0 Å². The maximum atomic E-state index is 4.38. The third-order valence-electron chi connectivity index (χ3n) is 3.22. The molecule has 1 aromatic heterocycles. The minimum atomic E-state index is 0.317. The first-order valence-corrected chi connectivity index (χ1v) is 5.91. The Labute approximate surface area is 103 Å². The van der Waals surface area contributed by atoms with Crippen molar-refractivity contribution in [3.05, 3.63) is 53.6 Å². The van der Waals surface area contributed by atoms with Crippen molar-refractivity contribution in [1.29, 1.82) is 0 Å². The standard InChI is InChI=1S/C14H19N3/c1-11-6-4-5-7-12(11)13(15-2)10-14-16-8-9-17(14)3/h4-9,13,15H,10H2,1-3H3. The Balaban J connectivity index is 2.23. The first-order chi connectivity index (χ1) is 8.22. The van der Waals surface area contributed by atoms with Gasteiger partial charge in [-0.3, -0.25) is 0 Å². The molecule has 1 heterocycles. The molecular formula is C14H19N3. The number of aryl methyl sites for hydroxylation is 2. The highest BCUT2D eigenvalue weighted by molar-refractivity contribution is 5.29. The van der Waals surface area contributed by atoms with E-state index in [9.17, 15) is 0 Å². The van der Waals surface area contributed by atoms with Gasteiger partial charge in [-0.05, 0) is 25.1 Å². The van der Waals surface area contributed by atoms with Crippen LogP contribution in [0.5, 0.6) is 0 Å². The van der Waals surface area contributed by atoms with Crippen molar-refractivity contribution in [1.82, 2.24) is 14.9 Å². The van der Waals surface area contributed by atoms with Crippen LogP contribution >= 0.6 is 0 Å². The molecule has 0 saturated heterocycles. The molecule has 0 fully saturated rings. The summed E-state index contributed by atoms with van der Waals surface area (Å²) in [5.74, 6) is 1.10. The molecule has 0 saturated carbocycles. The maximum Gasteiger partial charge on any atom is 0.110 e. The number of hydrogen-bond acceptors (Lipinski definition) is 2. The summed E-state index contributed by atoms with van der Waals surface area (Å²) in [5, 5.41) is 3.37. The Morgan fingerprint density at radius 2 is 2.12 bits per heavy atom. The third-order valence-corrected chi connectivity index (χ3v) is 3.22. The van der Waals surface area contributed by atoms with Gasteiger partial charge in [-0.2, -0.15) is 0 Å². The van der Waals surface area contributed by atoms with Crippen molar-refractivity contribution in [3.8, 4) is 0 Å². The number of hydrogen-bond donors (Lipinski definition) is 1. The van der Waals surface area contributed by atoms with Crippen molar-refractivity contribution < 1.29 is 0 Å². The molecule has 1 atom stereocenters. The van der Waals surface area contributed by atoms with Crippen molar-refractivity contribution in [2.24, 2.45) is 7.05 Å². The zero-order chi connectivity index (χ0) is 12.3. The zero-order valence-corrected chi connectivity index (χ0v) is 10.6. The first kappa shape index (κ1) is 11.9. The molecule has 0 aliphatic rings. The van der Waals surface area contributed by atoms with Crippen LogP contribution in [0.3, 0.4) is 0 Å². The van der Waals surface area contributed by atoms with E-state index in [4.69, 9.17) is 0 Å². The fourth-order valence-electron chi connectivity index (χ4n) is 2.12. The van der Waals surface area contributed by atoms with E-state index >= 15 is 0 Å². The van der Waals surface area contributed by atoms with Crippen LogP contribution in [0.2, 0.25) is 0 Å². The molecule has 1 aromatic carbocycles. The Kier molecular flexibility index (Phi) is 3.59. The van der Waals surface area contributed by atoms with Gasteiger partial charge in [-0.25, -0.2) is 4.98 Å². The largest absolute Gasteiger partial charge is 0.338 e. The van der Waals surface area contributed by atoms with E-state index in [0.717, 1.165) is 12.2 Å². The average molecular weight is 229 g/mol. The van der Waals surface area contributed by atoms with E-state index in [-0.39, 0.29) is 0 Å². The number of benzene rings is 1. The van der Waals surface area contributed by atoms with Crippen LogP contribution in [-0.2, 0) is 13.5 Å². The highest BCUT2D eigenvalue weighted by atomic mass is 15.0. The normalized spacial score (nSPS) is 12.6. The van der Waals surface area contributed by atoms with Gasteiger partial charge in [-0.1, -0.05) is 24.3 Å². The molecule has 1 unspecified atom stereocenters. The summed E-state index contributed by atoms with van der Waals surface area (Å²) in [7, 11) is 4.03. The van der Waals surface area contributed by atoms with Gasteiger partial charge < -0.3 is 9.88 Å². The molecule has 17 heavy (non-hydrogen) atoms. The Morgan fingerprint density at radius 1 is 1.35 bits per heavy atom. The second-order valence-electron chi connectivity index (χ2n) is 4.36. The number of nitrogens with zero attached hydrogens (tertiary/aromatic N) is 2. The van der Waals surface area contributed by atoms with Gasteiger partial charge in [-0.15, -0.1) is 0 Å². The fraction of sp³-hybridized carbons (Fsp3) is 0.357. The lowest BCUT2D eigenvalue weighted by Gasteiger charge is -2.18. The molecule has 0 amide bonds. The van der Waals surface area contributed by atoms with Gasteiger partial charge in [0, 0.05) is 31.9 Å². The summed E-state index contributed by atoms with van der Waals surface area (Å²) < 4.78 is 2.07. The number of imidazole rings is 1. The lowest BCUT2D eigenvalue weighted by Crippen LogP contribution is -2.21. The predicted octanol–water partition coefficient (Wildman–Crippen LogP) is 2.23. The molecule has 0 spiro atoms. The number of likely N-dealkylation sites (N-methyl/N-ethyl adjacent to an activating group) is 1. The summed E-state index contributed by atoms with van der Waals surface area (Å²) in [6.07, 6.45) is 4.74. The van der Waals surface area contributed by atoms with E-state index in [0.29, 0.717) is 6.04 Å². The first-order valence-electron chi connectivity index (χ1n) is 5.91. The Hall–Kier alpha value is -1.61. The van der Waals surface area contributed by atoms with Gasteiger partial charge in [0.05, 0.1) is 0 Å². The number of aromatic nitrogens is 2. The SMILES string of the molecule is CNC(Cc1nccn1C)c1ccccc1C. The number of nitrogens with one attached hydrogen (secondary N) is 1. The molecular weight excluding hydrogens is 210 g/mol. The van der Waals surface area contributed by atoms with Crippen LogP contribution < -0.4 is 5.32 Å². The van der Waals surface area contributed by atoms with Gasteiger partial charge >= 0.3 is 0 Å². The van der Waals surface area contributed by atoms with E-state index in [1.165, 1.54) is 11.1 Å². The molecule has 0 radical (unpaired) electrons. The second-order valence-corrected chi connectivity index (χ2v) is 4.36. The number of rotatable bonds is 4. The van der Waals surface area contributed by atoms with Crippen molar-refractivity contribution in [3.63, 3.8) is 0 Å². The van der Waals surface area contributed by atoms with Crippen LogP contribution in [0.4, 0.5) is 0 Å². The monoisotopic (exact) mass is 229 g/mol. The topological polar surface area (TPSA) is 29.9 Å². The lowest BCUT2D eigenvalue weighted by atomic mass is 9.99. The predicted molar refractivity (Wildman–Crippen MR) is 69.9 cm³/mol. The average Bonchev–Trinajstić information content (AvgIpc) is 2.73. The summed E-state index contributed by atoms with van der Waals surface area (Å²) in [6.45, 7) is 2.15. The quantitative estimate of drug-likeness (QED) is 0.871. The van der Waals surface area contributed by atoms with E-state index in [1.54, 1.807) is 0 Å². The van der Waals surface area contributed by atoms with Crippen molar-refractivity contribution >= 4 is 0 Å². The van der Waals surface area contributed by atoms with Crippen LogP contribution in [0.25, 0.3) is 0 Å². The Bertz CT molecular complexity index is 488. The van der Waals surface area contributed by atoms with Crippen LogP contribution in [0.15, 0.2) is 36.7 Å². The van der Waals surface area contributed by atoms with Crippen molar-refractivity contribution in [2.75, 3.05) is 7.05 Å². The molecule has 2 aromatic rings. The van der Waals surface area contributed by atoms with Gasteiger partial charge in [0.2, 0.25) is 0 Å². The highest BCUT2D eigenvalue weighted by Crippen LogP contribution is 2.20. The summed E-state index contributed by atoms with van der Waals surface area (Å²) >= 11 is 0. The van der Waals surface area contributed by atoms with E-state index in [2.05, 4.69) is 46.1 Å². The van der Waals surface area contributed by atoms with Crippen LogP contribution in [-0.4, -0.2) is 16.6 Å². The van der Waals surface area contributed by atoms with Gasteiger partial charge in [0.25, 0.3) is 0 Å². The molecule has 2 rings (SSSR count). The summed E-state index contributed by atoms with van der Waals surface area (Å²) in [6, 6.07) is 8.81. The molecule has 3 nitrogen and oxygen atoms in total. The minimum absolute atomic E-state index is 0.317. The van der Waals surface area contributed by atoms with Crippen molar-refractivity contribution in [2.45, 2.75) is 19.4 Å². The highest BCUT2D eigenvalue weighted by Gasteiger charge is 2.14. The van der Waals surface area contributed by atoms with Crippen LogP contribution in [0, 0.1) is 6.92 Å². The molecule has 90 valence electrons. The molecule has 0 aliphatic carbocycles. The lowest BCUT2D eigenvalue weighted by molar-refractivity contribution is 0.561. The maximum absolute atomic E-state index is 4.38. The molecule has 3 heteroatoms. The summed E-state index contributed by atoms with van der Waals surface area (Å²) in [4.78, 5) is 4.38. The zero-order valence-electron chi connectivity index (χ0n) is 10.6.